The van der Waals surface area contributed by atoms with Crippen LogP contribution < -0.4 is 10.6 Å². The molecule has 0 spiro atoms. The van der Waals surface area contributed by atoms with Gasteiger partial charge in [-0.25, -0.2) is 0 Å². The highest BCUT2D eigenvalue weighted by atomic mass is 16.5. The molecule has 1 aromatic rings. The van der Waals surface area contributed by atoms with E-state index in [9.17, 15) is 24.0 Å². The fourth-order valence-corrected chi connectivity index (χ4v) is 9.48. The Morgan fingerprint density at radius 3 is 2.08 bits per heavy atom. The van der Waals surface area contributed by atoms with Crippen molar-refractivity contribution in [2.24, 2.45) is 35.5 Å². The Labute approximate surface area is 356 Å². The number of carbonyl (C=O) groups excluding carboxylic acids is 5. The molecule has 0 saturated carbocycles. The van der Waals surface area contributed by atoms with Crippen molar-refractivity contribution >= 4 is 29.3 Å². The number of hydrogen-bond acceptors (Lipinski definition) is 9. The van der Waals surface area contributed by atoms with Gasteiger partial charge in [-0.15, -0.1) is 0 Å². The summed E-state index contributed by atoms with van der Waals surface area (Å²) in [6.45, 7) is 20.6. The van der Waals surface area contributed by atoms with E-state index in [1.807, 2.05) is 62.9 Å². The quantitative estimate of drug-likeness (QED) is 0.133. The number of piperazine rings is 1. The van der Waals surface area contributed by atoms with Crippen LogP contribution in [-0.2, 0) is 39.9 Å². The summed E-state index contributed by atoms with van der Waals surface area (Å²) < 4.78 is 12.2. The molecule has 9 atom stereocenters. The highest BCUT2D eigenvalue weighted by Gasteiger charge is 2.43. The predicted molar refractivity (Wildman–Crippen MR) is 234 cm³/mol. The molecule has 2 fully saturated rings. The number of Topliss-reactive ketones (excluding diaryl/α,β-unsaturated/α-hetero) is 2. The molecule has 0 bridgehead atoms. The summed E-state index contributed by atoms with van der Waals surface area (Å²) in [7, 11) is 4.98. The largest absolute Gasteiger partial charge is 0.379 e. The maximum atomic E-state index is 14.5. The van der Waals surface area contributed by atoms with E-state index < -0.39 is 36.0 Å². The van der Waals surface area contributed by atoms with Crippen LogP contribution in [0.15, 0.2) is 30.3 Å². The van der Waals surface area contributed by atoms with Crippen LogP contribution >= 0.6 is 0 Å². The van der Waals surface area contributed by atoms with Crippen molar-refractivity contribution in [2.45, 2.75) is 137 Å². The Bertz CT molecular complexity index is 1470. The second-order valence-electron chi connectivity index (χ2n) is 17.9. The van der Waals surface area contributed by atoms with Gasteiger partial charge in [-0.3, -0.25) is 28.9 Å². The number of likely N-dealkylation sites (N-methyl/N-ethyl adjacent to an activating group) is 1. The summed E-state index contributed by atoms with van der Waals surface area (Å²) in [4.78, 5) is 76.0. The number of carbonyl (C=O) groups is 5. The van der Waals surface area contributed by atoms with Crippen LogP contribution in [0.3, 0.4) is 0 Å². The van der Waals surface area contributed by atoms with Gasteiger partial charge in [-0.2, -0.15) is 0 Å². The Hall–Kier alpha value is -3.19. The third-order valence-corrected chi connectivity index (χ3v) is 13.1. The first-order chi connectivity index (χ1) is 28.1. The maximum absolute atomic E-state index is 14.5. The Balaban J connectivity index is 1.78. The van der Waals surface area contributed by atoms with Crippen molar-refractivity contribution in [1.82, 2.24) is 25.3 Å². The minimum Gasteiger partial charge on any atom is -0.379 e. The molecular formula is C47H79N5O7. The predicted octanol–water partition coefficient (Wildman–Crippen LogP) is 5.41. The smallest absolute Gasteiger partial charge is 0.226 e. The zero-order valence-electron chi connectivity index (χ0n) is 38.3. The second-order valence-corrected chi connectivity index (χ2v) is 17.9. The molecule has 59 heavy (non-hydrogen) atoms. The molecule has 1 aromatic carbocycles. The molecule has 1 unspecified atom stereocenters. The number of benzene rings is 1. The SMILES string of the molecule is CCCNC(=O)[C@@H](CC(=O)[C@H](C)[C@@H](OC)[C@@H]1CCCN1C(=O)CC(OC)[C@H]([C@@H](C)CC)N(C)C(=O)[C@@H](CC(=O)[C@H](C(C)C)N1CCNCC1)C(C)C)Cc1ccccc1. The first-order valence-electron chi connectivity index (χ1n) is 22.5. The van der Waals surface area contributed by atoms with Crippen molar-refractivity contribution in [2.75, 3.05) is 60.5 Å². The average molecular weight is 826 g/mol. The van der Waals surface area contributed by atoms with Crippen LogP contribution in [0.1, 0.15) is 106 Å². The Kier molecular flexibility index (Phi) is 21.2. The lowest BCUT2D eigenvalue weighted by Crippen LogP contribution is -2.55. The number of likely N-dealkylation sites (tertiary alicyclic amines) is 1. The van der Waals surface area contributed by atoms with E-state index in [4.69, 9.17) is 9.47 Å². The molecule has 2 N–H and O–H groups in total. The van der Waals surface area contributed by atoms with Crippen molar-refractivity contribution in [3.63, 3.8) is 0 Å². The maximum Gasteiger partial charge on any atom is 0.226 e. The molecule has 0 radical (unpaired) electrons. The molecule has 2 aliphatic heterocycles. The number of hydrogen-bond donors (Lipinski definition) is 2. The highest BCUT2D eigenvalue weighted by molar-refractivity contribution is 5.90. The van der Waals surface area contributed by atoms with E-state index in [0.29, 0.717) is 25.9 Å². The lowest BCUT2D eigenvalue weighted by atomic mass is 9.83. The van der Waals surface area contributed by atoms with Gasteiger partial charge >= 0.3 is 0 Å². The van der Waals surface area contributed by atoms with Gasteiger partial charge in [0.15, 0.2) is 5.78 Å². The molecule has 3 rings (SSSR count). The molecule has 12 heteroatoms. The molecular weight excluding hydrogens is 747 g/mol. The number of rotatable bonds is 25. The number of methoxy groups -OCH3 is 2. The number of amides is 3. The zero-order chi connectivity index (χ0) is 43.8. The highest BCUT2D eigenvalue weighted by Crippen LogP contribution is 2.32. The Morgan fingerprint density at radius 1 is 0.864 bits per heavy atom. The molecule has 0 aliphatic carbocycles. The van der Waals surface area contributed by atoms with E-state index in [0.717, 1.165) is 51.0 Å². The van der Waals surface area contributed by atoms with E-state index in [2.05, 4.69) is 43.2 Å². The van der Waals surface area contributed by atoms with Gasteiger partial charge < -0.3 is 29.9 Å². The molecule has 2 heterocycles. The number of nitrogens with one attached hydrogen (secondary N) is 2. The van der Waals surface area contributed by atoms with Crippen molar-refractivity contribution in [3.8, 4) is 0 Å². The van der Waals surface area contributed by atoms with Crippen LogP contribution in [0.5, 0.6) is 0 Å². The summed E-state index contributed by atoms with van der Waals surface area (Å²) in [5, 5.41) is 6.36. The first kappa shape index (κ1) is 50.2. The van der Waals surface area contributed by atoms with Crippen molar-refractivity contribution in [1.29, 1.82) is 0 Å². The molecule has 0 aromatic heterocycles. The van der Waals surface area contributed by atoms with Gasteiger partial charge in [0.1, 0.15) is 5.78 Å². The summed E-state index contributed by atoms with van der Waals surface area (Å²) in [6, 6.07) is 8.78. The van der Waals surface area contributed by atoms with E-state index >= 15 is 0 Å². The molecule has 2 saturated heterocycles. The number of ether oxygens (including phenoxy) is 2. The third kappa shape index (κ3) is 13.9. The fraction of sp³-hybridized carbons (Fsp3) is 0.766. The van der Waals surface area contributed by atoms with Gasteiger partial charge in [-0.05, 0) is 49.0 Å². The Morgan fingerprint density at radius 2 is 1.53 bits per heavy atom. The zero-order valence-corrected chi connectivity index (χ0v) is 38.3. The van der Waals surface area contributed by atoms with Gasteiger partial charge in [0, 0.05) is 91.1 Å². The molecule has 334 valence electrons. The summed E-state index contributed by atoms with van der Waals surface area (Å²) in [5.74, 6) is -1.82. The van der Waals surface area contributed by atoms with Crippen LogP contribution in [0, 0.1) is 35.5 Å². The number of nitrogens with zero attached hydrogens (tertiary/aromatic N) is 3. The van der Waals surface area contributed by atoms with Crippen LogP contribution in [-0.4, -0.2) is 135 Å². The first-order valence-corrected chi connectivity index (χ1v) is 22.5. The molecule has 2 aliphatic rings. The minimum atomic E-state index is -0.596. The van der Waals surface area contributed by atoms with Crippen molar-refractivity contribution < 1.29 is 33.4 Å². The lowest BCUT2D eigenvalue weighted by Gasteiger charge is -2.41. The van der Waals surface area contributed by atoms with Crippen LogP contribution in [0.2, 0.25) is 0 Å². The van der Waals surface area contributed by atoms with E-state index in [1.54, 1.807) is 26.2 Å². The van der Waals surface area contributed by atoms with Gasteiger partial charge in [-0.1, -0.05) is 92.1 Å². The van der Waals surface area contributed by atoms with Gasteiger partial charge in [0.05, 0.1) is 36.8 Å². The molecule has 12 nitrogen and oxygen atoms in total. The topological polar surface area (TPSA) is 138 Å². The second kappa shape index (κ2) is 24.9. The van der Waals surface area contributed by atoms with E-state index in [-0.39, 0.29) is 78.4 Å². The van der Waals surface area contributed by atoms with Crippen LogP contribution in [0.4, 0.5) is 0 Å². The third-order valence-electron chi connectivity index (χ3n) is 13.1. The standard InChI is InChI=1S/C47H79N5O7/c1-12-21-49-46(56)36(27-35-18-15-14-16-19-35)28-39(53)34(8)45(59-11)38-20-17-24-52(38)42(55)30-41(58-10)44(33(7)13-2)50(9)47(57)37(31(3)4)29-40(54)43(32(5)6)51-25-22-48-23-26-51/h14-16,18-19,31-34,36-38,41,43-45,48H,12-13,17,20-30H2,1-11H3,(H,49,56)/t33-,34-,36+,37-,38-,41?,43-,44-,45+/m0/s1. The average Bonchev–Trinajstić information content (AvgIpc) is 3.71. The molecule has 3 amide bonds. The van der Waals surface area contributed by atoms with Crippen LogP contribution in [0.25, 0.3) is 0 Å². The van der Waals surface area contributed by atoms with Crippen molar-refractivity contribution in [3.05, 3.63) is 35.9 Å². The lowest BCUT2D eigenvalue weighted by molar-refractivity contribution is -0.149. The van der Waals surface area contributed by atoms with E-state index in [1.165, 1.54) is 0 Å². The van der Waals surface area contributed by atoms with Gasteiger partial charge in [0.25, 0.3) is 0 Å². The normalized spacial score (nSPS) is 20.4. The number of ketones is 2. The summed E-state index contributed by atoms with van der Waals surface area (Å²) in [6.07, 6.45) is 2.62. The fourth-order valence-electron chi connectivity index (χ4n) is 9.48. The summed E-state index contributed by atoms with van der Waals surface area (Å²) in [5.41, 5.74) is 0.995. The minimum absolute atomic E-state index is 0.00609. The monoisotopic (exact) mass is 826 g/mol. The summed E-state index contributed by atoms with van der Waals surface area (Å²) >= 11 is 0. The van der Waals surface area contributed by atoms with Gasteiger partial charge in [0.2, 0.25) is 17.7 Å².